The van der Waals surface area contributed by atoms with Crippen molar-refractivity contribution in [1.82, 2.24) is 5.16 Å². The second kappa shape index (κ2) is 5.79. The molecule has 6 heteroatoms. The van der Waals surface area contributed by atoms with Crippen LogP contribution in [0.5, 0.6) is 0 Å². The highest BCUT2D eigenvalue weighted by Crippen LogP contribution is 2.14. The molecule has 0 bridgehead atoms. The molecule has 0 fully saturated rings. The minimum Gasteiger partial charge on any atom is -0.351 e. The minimum atomic E-state index is -0.911. The summed E-state index contributed by atoms with van der Waals surface area (Å²) < 4.78 is 16.1. The van der Waals surface area contributed by atoms with Gasteiger partial charge in [0.2, 0.25) is 5.76 Å². The van der Waals surface area contributed by atoms with E-state index in [9.17, 15) is 9.00 Å². The van der Waals surface area contributed by atoms with Crippen LogP contribution in [-0.2, 0) is 16.6 Å². The van der Waals surface area contributed by atoms with Crippen molar-refractivity contribution in [2.24, 2.45) is 0 Å². The number of amides is 1. The predicted molar refractivity (Wildman–Crippen MR) is 73.4 cm³/mol. The SMILES string of the molecule is Cc1cc(C(=O)Nc2cccc(C[S@](C)=O)c2)on1. The van der Waals surface area contributed by atoms with Crippen LogP contribution in [0, 0.1) is 6.92 Å². The van der Waals surface area contributed by atoms with Gasteiger partial charge in [0.05, 0.1) is 5.69 Å². The van der Waals surface area contributed by atoms with Crippen molar-refractivity contribution in [1.29, 1.82) is 0 Å². The fraction of sp³-hybridized carbons (Fsp3) is 0.231. The third kappa shape index (κ3) is 3.75. The van der Waals surface area contributed by atoms with Gasteiger partial charge in [0.1, 0.15) is 0 Å². The van der Waals surface area contributed by atoms with Gasteiger partial charge in [-0.3, -0.25) is 9.00 Å². The lowest BCUT2D eigenvalue weighted by molar-refractivity contribution is 0.0988. The van der Waals surface area contributed by atoms with Gasteiger partial charge in [0.15, 0.2) is 0 Å². The van der Waals surface area contributed by atoms with Gasteiger partial charge in [0, 0.05) is 34.6 Å². The van der Waals surface area contributed by atoms with Crippen LogP contribution in [0.2, 0.25) is 0 Å². The maximum Gasteiger partial charge on any atom is 0.294 e. The van der Waals surface area contributed by atoms with E-state index in [1.165, 1.54) is 0 Å². The Morgan fingerprint density at radius 1 is 1.42 bits per heavy atom. The second-order valence-corrected chi connectivity index (χ2v) is 5.64. The number of carbonyl (C=O) groups is 1. The minimum absolute atomic E-state index is 0.168. The van der Waals surface area contributed by atoms with Gasteiger partial charge in [-0.15, -0.1) is 0 Å². The number of carbonyl (C=O) groups excluding carboxylic acids is 1. The third-order valence-electron chi connectivity index (χ3n) is 2.41. The van der Waals surface area contributed by atoms with Crippen molar-refractivity contribution in [3.05, 3.63) is 47.3 Å². The van der Waals surface area contributed by atoms with E-state index in [4.69, 9.17) is 4.52 Å². The summed E-state index contributed by atoms with van der Waals surface area (Å²) in [5, 5.41) is 6.37. The lowest BCUT2D eigenvalue weighted by Crippen LogP contribution is -2.11. The summed E-state index contributed by atoms with van der Waals surface area (Å²) in [5.74, 6) is 0.280. The highest BCUT2D eigenvalue weighted by atomic mass is 32.2. The Morgan fingerprint density at radius 2 is 2.21 bits per heavy atom. The molecule has 1 N–H and O–H groups in total. The Hall–Kier alpha value is -1.95. The van der Waals surface area contributed by atoms with Gasteiger partial charge in [-0.05, 0) is 24.6 Å². The molecule has 1 amide bonds. The predicted octanol–water partition coefficient (Wildman–Crippen LogP) is 2.11. The van der Waals surface area contributed by atoms with Crippen LogP contribution >= 0.6 is 0 Å². The highest BCUT2D eigenvalue weighted by Gasteiger charge is 2.11. The van der Waals surface area contributed by atoms with Crippen molar-refractivity contribution in [2.45, 2.75) is 12.7 Å². The monoisotopic (exact) mass is 278 g/mol. The maximum absolute atomic E-state index is 11.9. The van der Waals surface area contributed by atoms with E-state index in [1.807, 2.05) is 12.1 Å². The molecule has 1 atom stereocenters. The molecule has 0 spiro atoms. The number of rotatable bonds is 4. The number of aromatic nitrogens is 1. The van der Waals surface area contributed by atoms with E-state index in [-0.39, 0.29) is 11.7 Å². The van der Waals surface area contributed by atoms with E-state index in [2.05, 4.69) is 10.5 Å². The van der Waals surface area contributed by atoms with Crippen LogP contribution in [0.3, 0.4) is 0 Å². The number of hydrogen-bond acceptors (Lipinski definition) is 4. The highest BCUT2D eigenvalue weighted by molar-refractivity contribution is 7.83. The quantitative estimate of drug-likeness (QED) is 0.929. The maximum atomic E-state index is 11.9. The molecule has 0 unspecified atom stereocenters. The first-order valence-electron chi connectivity index (χ1n) is 5.68. The van der Waals surface area contributed by atoms with E-state index < -0.39 is 10.8 Å². The van der Waals surface area contributed by atoms with Crippen molar-refractivity contribution in [3.63, 3.8) is 0 Å². The summed E-state index contributed by atoms with van der Waals surface area (Å²) in [6.07, 6.45) is 1.64. The summed E-state index contributed by atoms with van der Waals surface area (Å²) >= 11 is 0. The number of nitrogens with zero attached hydrogens (tertiary/aromatic N) is 1. The topological polar surface area (TPSA) is 72.2 Å². The molecule has 0 saturated heterocycles. The smallest absolute Gasteiger partial charge is 0.294 e. The summed E-state index contributed by atoms with van der Waals surface area (Å²) in [5.41, 5.74) is 2.20. The van der Waals surface area contributed by atoms with Crippen LogP contribution in [0.15, 0.2) is 34.9 Å². The van der Waals surface area contributed by atoms with Crippen LogP contribution < -0.4 is 5.32 Å². The standard InChI is InChI=1S/C13H14N2O3S/c1-9-6-12(18-15-9)13(16)14-11-5-3-4-10(7-11)8-19(2)17/h3-7H,8H2,1-2H3,(H,14,16)/t19-/m0/s1. The first kappa shape index (κ1) is 13.5. The van der Waals surface area contributed by atoms with Gasteiger partial charge in [-0.2, -0.15) is 0 Å². The van der Waals surface area contributed by atoms with Gasteiger partial charge in [0.25, 0.3) is 5.91 Å². The van der Waals surface area contributed by atoms with Crippen LogP contribution in [-0.4, -0.2) is 21.5 Å². The fourth-order valence-corrected chi connectivity index (χ4v) is 2.29. The van der Waals surface area contributed by atoms with Crippen LogP contribution in [0.1, 0.15) is 21.8 Å². The number of hydrogen-bond donors (Lipinski definition) is 1. The lowest BCUT2D eigenvalue weighted by atomic mass is 10.2. The van der Waals surface area contributed by atoms with Gasteiger partial charge in [-0.25, -0.2) is 0 Å². The largest absolute Gasteiger partial charge is 0.351 e. The molecule has 5 nitrogen and oxygen atoms in total. The fourth-order valence-electron chi connectivity index (χ4n) is 1.64. The molecular weight excluding hydrogens is 264 g/mol. The lowest BCUT2D eigenvalue weighted by Gasteiger charge is -2.05. The second-order valence-electron chi connectivity index (χ2n) is 4.20. The zero-order chi connectivity index (χ0) is 13.8. The Morgan fingerprint density at radius 3 is 2.84 bits per heavy atom. The molecule has 0 radical (unpaired) electrons. The van der Waals surface area contributed by atoms with Gasteiger partial charge in [-0.1, -0.05) is 17.3 Å². The zero-order valence-electron chi connectivity index (χ0n) is 10.7. The summed E-state index contributed by atoms with van der Waals surface area (Å²) in [7, 11) is -0.911. The number of nitrogens with one attached hydrogen (secondary N) is 1. The van der Waals surface area contributed by atoms with Crippen molar-refractivity contribution in [2.75, 3.05) is 11.6 Å². The number of benzene rings is 1. The number of anilines is 1. The molecule has 1 aromatic carbocycles. The van der Waals surface area contributed by atoms with Crippen molar-refractivity contribution < 1.29 is 13.5 Å². The average Bonchev–Trinajstić information content (AvgIpc) is 2.75. The molecular formula is C13H14N2O3S. The van der Waals surface area contributed by atoms with Crippen LogP contribution in [0.4, 0.5) is 5.69 Å². The molecule has 0 aliphatic heterocycles. The summed E-state index contributed by atoms with van der Waals surface area (Å²) in [4.78, 5) is 11.9. The molecule has 2 aromatic rings. The first-order valence-corrected chi connectivity index (χ1v) is 7.41. The van der Waals surface area contributed by atoms with E-state index >= 15 is 0 Å². The number of aryl methyl sites for hydroxylation is 1. The van der Waals surface area contributed by atoms with Crippen molar-refractivity contribution in [3.8, 4) is 0 Å². The van der Waals surface area contributed by atoms with Crippen molar-refractivity contribution >= 4 is 22.4 Å². The summed E-state index contributed by atoms with van der Waals surface area (Å²) in [6.45, 7) is 1.75. The Balaban J connectivity index is 2.10. The molecule has 0 saturated carbocycles. The molecule has 0 aliphatic carbocycles. The molecule has 100 valence electrons. The van der Waals surface area contributed by atoms with Gasteiger partial charge >= 0.3 is 0 Å². The molecule has 0 aliphatic rings. The molecule has 1 aromatic heterocycles. The zero-order valence-corrected chi connectivity index (χ0v) is 11.5. The molecule has 2 rings (SSSR count). The Kier molecular flexibility index (Phi) is 4.11. The summed E-state index contributed by atoms with van der Waals surface area (Å²) in [6, 6.07) is 8.81. The van der Waals surface area contributed by atoms with E-state index in [1.54, 1.807) is 31.4 Å². The molecule has 19 heavy (non-hydrogen) atoms. The first-order chi connectivity index (χ1) is 9.04. The molecule has 1 heterocycles. The normalized spacial score (nSPS) is 12.1. The Bertz CT molecular complexity index is 622. The Labute approximate surface area is 113 Å². The average molecular weight is 278 g/mol. The van der Waals surface area contributed by atoms with Crippen LogP contribution in [0.25, 0.3) is 0 Å². The van der Waals surface area contributed by atoms with Gasteiger partial charge < -0.3 is 9.84 Å². The van der Waals surface area contributed by atoms with E-state index in [0.29, 0.717) is 17.1 Å². The van der Waals surface area contributed by atoms with E-state index in [0.717, 1.165) is 5.56 Å². The third-order valence-corrected chi connectivity index (χ3v) is 3.15.